The smallest absolute Gasteiger partial charge is 0.375 e. The van der Waals surface area contributed by atoms with Crippen LogP contribution in [0.15, 0.2) is 13.8 Å². The van der Waals surface area contributed by atoms with Gasteiger partial charge in [-0.3, -0.25) is 4.79 Å². The fourth-order valence-corrected chi connectivity index (χ4v) is 1.08. The maximum absolute atomic E-state index is 10.9. The first-order valence-electron chi connectivity index (χ1n) is 2.63. The van der Waals surface area contributed by atoms with Gasteiger partial charge in [0.25, 0.3) is 11.3 Å². The first kappa shape index (κ1) is 8.06. The third-order valence-electron chi connectivity index (χ3n) is 1.10. The van der Waals surface area contributed by atoms with E-state index in [-0.39, 0.29) is 10.2 Å². The highest BCUT2D eigenvalue weighted by Crippen LogP contribution is 2.11. The van der Waals surface area contributed by atoms with Crippen LogP contribution in [0, 0.1) is 0 Å². The largest absolute Gasteiger partial charge is 0.475 e. The number of carboxylic acids is 1. The van der Waals surface area contributed by atoms with E-state index in [2.05, 4.69) is 20.5 Å². The highest BCUT2D eigenvalue weighted by molar-refractivity contribution is 9.10. The summed E-state index contributed by atoms with van der Waals surface area (Å²) in [5.74, 6) is -1.65. The number of nitrogens with zero attached hydrogens (tertiary/aromatic N) is 1. The van der Waals surface area contributed by atoms with Crippen molar-refractivity contribution in [2.24, 2.45) is 7.05 Å². The molecule has 0 aromatic carbocycles. The average Bonchev–Trinajstić information content (AvgIpc) is 2.17. The maximum atomic E-state index is 10.9. The lowest BCUT2D eigenvalue weighted by Gasteiger charge is -1.84. The molecule has 1 aromatic heterocycles. The summed E-state index contributed by atoms with van der Waals surface area (Å²) in [6, 6.07) is 0. The van der Waals surface area contributed by atoms with Crippen LogP contribution >= 0.6 is 15.9 Å². The molecule has 1 rings (SSSR count). The molecule has 0 aliphatic carbocycles. The molecule has 0 bridgehead atoms. The molecule has 0 spiro atoms. The van der Waals surface area contributed by atoms with Crippen molar-refractivity contribution >= 4 is 21.9 Å². The minimum atomic E-state index is -1.27. The van der Waals surface area contributed by atoms with Gasteiger partial charge >= 0.3 is 5.97 Å². The molecule has 0 saturated carbocycles. The fourth-order valence-electron chi connectivity index (χ4n) is 0.587. The summed E-state index contributed by atoms with van der Waals surface area (Å²) >= 11 is 2.79. The Morgan fingerprint density at radius 1 is 1.73 bits per heavy atom. The zero-order valence-corrected chi connectivity index (χ0v) is 7.08. The van der Waals surface area contributed by atoms with E-state index < -0.39 is 11.5 Å². The summed E-state index contributed by atoms with van der Waals surface area (Å²) in [5, 5.41) is 8.43. The maximum Gasteiger partial charge on any atom is 0.375 e. The zero-order chi connectivity index (χ0) is 8.59. The summed E-state index contributed by atoms with van der Waals surface area (Å²) < 4.78 is 5.34. The normalized spacial score (nSPS) is 10.0. The van der Waals surface area contributed by atoms with E-state index in [1.54, 1.807) is 0 Å². The molecular formula is C5H4BrNO4. The van der Waals surface area contributed by atoms with Crippen LogP contribution in [0.1, 0.15) is 10.6 Å². The van der Waals surface area contributed by atoms with Crippen molar-refractivity contribution in [2.45, 2.75) is 0 Å². The Labute approximate surface area is 69.3 Å². The Hall–Kier alpha value is -1.04. The molecule has 0 fully saturated rings. The molecule has 0 unspecified atom stereocenters. The van der Waals surface area contributed by atoms with Gasteiger partial charge in [0.2, 0.25) is 0 Å². The van der Waals surface area contributed by atoms with Crippen LogP contribution in [-0.4, -0.2) is 15.8 Å². The average molecular weight is 222 g/mol. The lowest BCUT2D eigenvalue weighted by Crippen LogP contribution is -2.09. The first-order chi connectivity index (χ1) is 5.04. The van der Waals surface area contributed by atoms with Crippen LogP contribution < -0.4 is 5.56 Å². The summed E-state index contributed by atoms with van der Waals surface area (Å²) in [6.07, 6.45) is 0. The number of hydrogen-bond acceptors (Lipinski definition) is 3. The summed E-state index contributed by atoms with van der Waals surface area (Å²) in [4.78, 5) is 21.2. The molecule has 0 saturated heterocycles. The van der Waals surface area contributed by atoms with Crippen LogP contribution in [-0.2, 0) is 7.05 Å². The lowest BCUT2D eigenvalue weighted by molar-refractivity contribution is 0.0637. The predicted octanol–water partition coefficient (Wildman–Crippen LogP) is 0.439. The number of aromatic nitrogens is 1. The number of carboxylic acid groups (broad SMARTS) is 1. The van der Waals surface area contributed by atoms with Gasteiger partial charge in [-0.25, -0.2) is 4.79 Å². The van der Waals surface area contributed by atoms with Gasteiger partial charge in [-0.15, -0.1) is 0 Å². The second-order valence-electron chi connectivity index (χ2n) is 1.84. The van der Waals surface area contributed by atoms with E-state index in [0.29, 0.717) is 0 Å². The number of rotatable bonds is 1. The Morgan fingerprint density at radius 2 is 2.27 bits per heavy atom. The molecule has 0 aliphatic rings. The van der Waals surface area contributed by atoms with Gasteiger partial charge in [0.1, 0.15) is 4.47 Å². The van der Waals surface area contributed by atoms with E-state index in [1.807, 2.05) is 0 Å². The van der Waals surface area contributed by atoms with Gasteiger partial charge in [-0.05, 0) is 15.9 Å². The fraction of sp³-hybridized carbons (Fsp3) is 0.200. The minimum absolute atomic E-state index is 0.0625. The van der Waals surface area contributed by atoms with E-state index in [9.17, 15) is 9.59 Å². The third-order valence-corrected chi connectivity index (χ3v) is 1.79. The van der Waals surface area contributed by atoms with Crippen LogP contribution in [0.4, 0.5) is 0 Å². The Morgan fingerprint density at radius 3 is 2.45 bits per heavy atom. The third kappa shape index (κ3) is 1.21. The quantitative estimate of drug-likeness (QED) is 0.748. The van der Waals surface area contributed by atoms with Crippen molar-refractivity contribution < 1.29 is 14.4 Å². The van der Waals surface area contributed by atoms with Gasteiger partial charge in [-0.2, -0.15) is 4.74 Å². The standard InChI is InChI=1S/C5H4BrNO4/c1-7-4(8)2(6)3(11-7)5(9)10/h1H3,(H,9,10). The minimum Gasteiger partial charge on any atom is -0.475 e. The molecule has 0 aliphatic heterocycles. The van der Waals surface area contributed by atoms with E-state index in [0.717, 1.165) is 4.74 Å². The molecule has 11 heavy (non-hydrogen) atoms. The number of halogens is 1. The van der Waals surface area contributed by atoms with Crippen LogP contribution in [0.2, 0.25) is 0 Å². The van der Waals surface area contributed by atoms with Crippen LogP contribution in [0.25, 0.3) is 0 Å². The molecule has 60 valence electrons. The van der Waals surface area contributed by atoms with E-state index in [1.165, 1.54) is 7.05 Å². The number of hydrogen-bond donors (Lipinski definition) is 1. The lowest BCUT2D eigenvalue weighted by atomic mass is 10.5. The summed E-state index contributed by atoms with van der Waals surface area (Å²) in [5.41, 5.74) is -0.498. The van der Waals surface area contributed by atoms with Crippen LogP contribution in [0.3, 0.4) is 0 Å². The van der Waals surface area contributed by atoms with E-state index >= 15 is 0 Å². The highest BCUT2D eigenvalue weighted by Gasteiger charge is 2.18. The van der Waals surface area contributed by atoms with Gasteiger partial charge in [-0.1, -0.05) is 0 Å². The number of aryl methyl sites for hydroxylation is 1. The van der Waals surface area contributed by atoms with Gasteiger partial charge in [0.15, 0.2) is 0 Å². The molecule has 0 amide bonds. The van der Waals surface area contributed by atoms with Crippen molar-refractivity contribution in [1.29, 1.82) is 0 Å². The number of aromatic carboxylic acids is 1. The molecule has 5 nitrogen and oxygen atoms in total. The van der Waals surface area contributed by atoms with Crippen molar-refractivity contribution in [3.8, 4) is 0 Å². The Kier molecular flexibility index (Phi) is 1.86. The van der Waals surface area contributed by atoms with E-state index in [4.69, 9.17) is 5.11 Å². The molecule has 1 N–H and O–H groups in total. The second kappa shape index (κ2) is 2.54. The van der Waals surface area contributed by atoms with Crippen molar-refractivity contribution in [3.05, 3.63) is 20.6 Å². The molecule has 0 atom stereocenters. The molecule has 1 heterocycles. The summed E-state index contributed by atoms with van der Waals surface area (Å²) in [6.45, 7) is 0. The predicted molar refractivity (Wildman–Crippen MR) is 38.6 cm³/mol. The molecule has 6 heteroatoms. The topological polar surface area (TPSA) is 72.4 Å². The van der Waals surface area contributed by atoms with Gasteiger partial charge < -0.3 is 9.63 Å². The highest BCUT2D eigenvalue weighted by atomic mass is 79.9. The van der Waals surface area contributed by atoms with Gasteiger partial charge in [0, 0.05) is 7.05 Å². The Balaban J connectivity index is 3.42. The summed E-state index contributed by atoms with van der Waals surface area (Å²) in [7, 11) is 1.33. The first-order valence-corrected chi connectivity index (χ1v) is 3.42. The van der Waals surface area contributed by atoms with Gasteiger partial charge in [0.05, 0.1) is 0 Å². The SMILES string of the molecule is Cn1oc(C(=O)O)c(Br)c1=O. The molecule has 1 aromatic rings. The van der Waals surface area contributed by atoms with Crippen LogP contribution in [0.5, 0.6) is 0 Å². The monoisotopic (exact) mass is 221 g/mol. The molecular weight excluding hydrogens is 218 g/mol. The van der Waals surface area contributed by atoms with Crippen molar-refractivity contribution in [1.82, 2.24) is 4.74 Å². The van der Waals surface area contributed by atoms with Crippen molar-refractivity contribution in [2.75, 3.05) is 0 Å². The zero-order valence-electron chi connectivity index (χ0n) is 5.50. The molecule has 0 radical (unpaired) electrons. The number of carbonyl (C=O) groups is 1. The second-order valence-corrected chi connectivity index (χ2v) is 2.64. The Bertz CT molecular complexity index is 350. The van der Waals surface area contributed by atoms with Crippen molar-refractivity contribution in [3.63, 3.8) is 0 Å².